The number of rotatable bonds is 7. The molecule has 0 radical (unpaired) electrons. The fraction of sp³-hybridized carbons (Fsp3) is 0.800. The van der Waals surface area contributed by atoms with Gasteiger partial charge in [-0.1, -0.05) is 6.92 Å². The van der Waals surface area contributed by atoms with Crippen LogP contribution in [0.25, 0.3) is 0 Å². The summed E-state index contributed by atoms with van der Waals surface area (Å²) in [6, 6.07) is 0. The molecule has 0 unspecified atom stereocenters. The normalized spacial score (nSPS) is 10.7. The minimum atomic E-state index is 1.03. The van der Waals surface area contributed by atoms with E-state index in [2.05, 4.69) is 22.3 Å². The third kappa shape index (κ3) is 3.87. The summed E-state index contributed by atoms with van der Waals surface area (Å²) in [7, 11) is 1.94. The van der Waals surface area contributed by atoms with Crippen LogP contribution in [0.2, 0.25) is 0 Å². The van der Waals surface area contributed by atoms with Crippen molar-refractivity contribution in [1.29, 1.82) is 0 Å². The number of aromatic nitrogens is 3. The number of unbranched alkanes of at least 4 members (excludes halogenated alkanes) is 1. The van der Waals surface area contributed by atoms with Crippen LogP contribution in [0.4, 0.5) is 0 Å². The number of nitrogens with one attached hydrogen (secondary N) is 1. The maximum absolute atomic E-state index is 4.18. The molecule has 1 N–H and O–H groups in total. The van der Waals surface area contributed by atoms with Crippen LogP contribution in [0, 0.1) is 0 Å². The molecule has 1 aromatic heterocycles. The highest BCUT2D eigenvalue weighted by atomic mass is 15.3. The van der Waals surface area contributed by atoms with Crippen molar-refractivity contribution in [2.24, 2.45) is 7.05 Å². The van der Waals surface area contributed by atoms with E-state index in [1.54, 1.807) is 6.33 Å². The quantitative estimate of drug-likeness (QED) is 0.665. The van der Waals surface area contributed by atoms with Crippen LogP contribution >= 0.6 is 0 Å². The van der Waals surface area contributed by atoms with Crippen LogP contribution < -0.4 is 5.32 Å². The van der Waals surface area contributed by atoms with Gasteiger partial charge in [-0.15, -0.1) is 0 Å². The molecule has 1 rings (SSSR count). The maximum atomic E-state index is 4.18. The van der Waals surface area contributed by atoms with E-state index in [0.29, 0.717) is 0 Å². The van der Waals surface area contributed by atoms with Crippen molar-refractivity contribution in [2.75, 3.05) is 13.1 Å². The van der Waals surface area contributed by atoms with Crippen LogP contribution in [0.3, 0.4) is 0 Å². The summed E-state index contributed by atoms with van der Waals surface area (Å²) in [5.41, 5.74) is 0. The molecule has 0 spiro atoms. The molecule has 0 aromatic carbocycles. The van der Waals surface area contributed by atoms with Crippen molar-refractivity contribution in [3.8, 4) is 0 Å². The molecule has 4 heteroatoms. The van der Waals surface area contributed by atoms with Crippen molar-refractivity contribution in [1.82, 2.24) is 20.1 Å². The van der Waals surface area contributed by atoms with E-state index in [4.69, 9.17) is 0 Å². The molecule has 0 saturated carbocycles. The number of hydrogen-bond donors (Lipinski definition) is 1. The van der Waals surface area contributed by atoms with Gasteiger partial charge < -0.3 is 5.32 Å². The van der Waals surface area contributed by atoms with Gasteiger partial charge in [0.1, 0.15) is 12.2 Å². The summed E-state index contributed by atoms with van der Waals surface area (Å²) in [4.78, 5) is 4.18. The molecular weight excluding hydrogens is 176 g/mol. The number of aryl methyl sites for hydroxylation is 2. The van der Waals surface area contributed by atoms with Crippen molar-refractivity contribution < 1.29 is 0 Å². The zero-order valence-electron chi connectivity index (χ0n) is 9.16. The van der Waals surface area contributed by atoms with E-state index in [9.17, 15) is 0 Å². The second-order valence-corrected chi connectivity index (χ2v) is 3.51. The van der Waals surface area contributed by atoms with Crippen LogP contribution in [-0.4, -0.2) is 27.9 Å². The Bertz CT molecular complexity index is 244. The largest absolute Gasteiger partial charge is 0.317 e. The van der Waals surface area contributed by atoms with E-state index in [1.165, 1.54) is 19.3 Å². The van der Waals surface area contributed by atoms with Gasteiger partial charge in [0, 0.05) is 13.5 Å². The van der Waals surface area contributed by atoms with E-state index in [-0.39, 0.29) is 0 Å². The van der Waals surface area contributed by atoms with E-state index >= 15 is 0 Å². The van der Waals surface area contributed by atoms with Crippen molar-refractivity contribution >= 4 is 0 Å². The van der Waals surface area contributed by atoms with Crippen molar-refractivity contribution in [2.45, 2.75) is 32.6 Å². The Kier molecular flexibility index (Phi) is 5.22. The Labute approximate surface area is 85.7 Å². The van der Waals surface area contributed by atoms with Crippen molar-refractivity contribution in [3.63, 3.8) is 0 Å². The molecule has 0 amide bonds. The van der Waals surface area contributed by atoms with Gasteiger partial charge in [-0.25, -0.2) is 4.98 Å². The van der Waals surface area contributed by atoms with Crippen LogP contribution in [0.5, 0.6) is 0 Å². The highest BCUT2D eigenvalue weighted by Gasteiger charge is 1.98. The highest BCUT2D eigenvalue weighted by Crippen LogP contribution is 1.98. The fourth-order valence-electron chi connectivity index (χ4n) is 1.38. The first-order chi connectivity index (χ1) is 6.84. The second-order valence-electron chi connectivity index (χ2n) is 3.51. The predicted octanol–water partition coefficient (Wildman–Crippen LogP) is 1.14. The maximum Gasteiger partial charge on any atom is 0.138 e. The Morgan fingerprint density at radius 2 is 2.21 bits per heavy atom. The average molecular weight is 196 g/mol. The lowest BCUT2D eigenvalue weighted by molar-refractivity contribution is 0.596. The molecule has 0 fully saturated rings. The number of hydrogen-bond acceptors (Lipinski definition) is 3. The molecular formula is C10H20N4. The molecule has 0 saturated heterocycles. The molecule has 0 aliphatic heterocycles. The lowest BCUT2D eigenvalue weighted by atomic mass is 10.2. The van der Waals surface area contributed by atoms with E-state index < -0.39 is 0 Å². The summed E-state index contributed by atoms with van der Waals surface area (Å²) in [6.07, 6.45) is 6.26. The minimum Gasteiger partial charge on any atom is -0.317 e. The van der Waals surface area contributed by atoms with Crippen LogP contribution in [0.1, 0.15) is 32.0 Å². The molecule has 0 aliphatic rings. The highest BCUT2D eigenvalue weighted by molar-refractivity contribution is 4.82. The molecule has 0 aliphatic carbocycles. The second kappa shape index (κ2) is 6.54. The van der Waals surface area contributed by atoms with Crippen LogP contribution in [0.15, 0.2) is 6.33 Å². The predicted molar refractivity (Wildman–Crippen MR) is 57.1 cm³/mol. The van der Waals surface area contributed by atoms with Gasteiger partial charge in [-0.2, -0.15) is 5.10 Å². The Hall–Kier alpha value is -0.900. The van der Waals surface area contributed by atoms with Gasteiger partial charge in [-0.3, -0.25) is 4.68 Å². The summed E-state index contributed by atoms with van der Waals surface area (Å²) in [5, 5.41) is 7.42. The molecule has 14 heavy (non-hydrogen) atoms. The lowest BCUT2D eigenvalue weighted by Crippen LogP contribution is -2.16. The minimum absolute atomic E-state index is 1.03. The van der Waals surface area contributed by atoms with Gasteiger partial charge >= 0.3 is 0 Å². The summed E-state index contributed by atoms with van der Waals surface area (Å²) in [6.45, 7) is 4.43. The molecule has 4 nitrogen and oxygen atoms in total. The topological polar surface area (TPSA) is 42.7 Å². The Morgan fingerprint density at radius 1 is 1.36 bits per heavy atom. The van der Waals surface area contributed by atoms with Crippen LogP contribution in [-0.2, 0) is 13.5 Å². The van der Waals surface area contributed by atoms with Gasteiger partial charge in [0.2, 0.25) is 0 Å². The fourth-order valence-corrected chi connectivity index (χ4v) is 1.38. The molecule has 1 aromatic rings. The standard InChI is InChI=1S/C10H20N4/c1-3-7-11-8-5-4-6-10-12-9-13-14(10)2/h9,11H,3-8H2,1-2H3. The van der Waals surface area contributed by atoms with E-state index in [0.717, 1.165) is 25.3 Å². The van der Waals surface area contributed by atoms with Gasteiger partial charge in [-0.05, 0) is 32.4 Å². The molecule has 80 valence electrons. The summed E-state index contributed by atoms with van der Waals surface area (Å²) < 4.78 is 1.85. The van der Waals surface area contributed by atoms with E-state index in [1.807, 2.05) is 11.7 Å². The molecule has 0 atom stereocenters. The number of nitrogens with zero attached hydrogens (tertiary/aromatic N) is 3. The first-order valence-electron chi connectivity index (χ1n) is 5.38. The third-order valence-electron chi connectivity index (χ3n) is 2.24. The molecule has 0 bridgehead atoms. The third-order valence-corrected chi connectivity index (χ3v) is 2.24. The van der Waals surface area contributed by atoms with Crippen molar-refractivity contribution in [3.05, 3.63) is 12.2 Å². The smallest absolute Gasteiger partial charge is 0.138 e. The first kappa shape index (κ1) is 11.2. The zero-order valence-corrected chi connectivity index (χ0v) is 9.16. The Morgan fingerprint density at radius 3 is 2.86 bits per heavy atom. The summed E-state index contributed by atoms with van der Waals surface area (Å²) in [5.74, 6) is 1.08. The zero-order chi connectivity index (χ0) is 10.2. The molecule has 1 heterocycles. The average Bonchev–Trinajstić information content (AvgIpc) is 2.58. The van der Waals surface area contributed by atoms with Gasteiger partial charge in [0.25, 0.3) is 0 Å². The van der Waals surface area contributed by atoms with Gasteiger partial charge in [0.15, 0.2) is 0 Å². The first-order valence-corrected chi connectivity index (χ1v) is 5.38. The Balaban J connectivity index is 2.02. The summed E-state index contributed by atoms with van der Waals surface area (Å²) >= 11 is 0. The lowest BCUT2D eigenvalue weighted by Gasteiger charge is -2.02. The monoisotopic (exact) mass is 196 g/mol. The van der Waals surface area contributed by atoms with Gasteiger partial charge in [0.05, 0.1) is 0 Å². The SMILES string of the molecule is CCCNCCCCc1ncnn1C.